The van der Waals surface area contributed by atoms with E-state index in [1.165, 1.54) is 50.7 Å². The van der Waals surface area contributed by atoms with Gasteiger partial charge in [-0.25, -0.2) is 0 Å². The van der Waals surface area contributed by atoms with Crippen molar-refractivity contribution in [2.45, 2.75) is 149 Å². The molecule has 0 aromatic heterocycles. The van der Waals surface area contributed by atoms with Crippen molar-refractivity contribution >= 4 is 23.6 Å². The zero-order chi connectivity index (χ0) is 36.6. The molecule has 0 saturated carbocycles. The van der Waals surface area contributed by atoms with Crippen LogP contribution in [0.5, 0.6) is 11.5 Å². The maximum absolute atomic E-state index is 13.0. The molecule has 0 fully saturated rings. The van der Waals surface area contributed by atoms with Crippen LogP contribution >= 0.6 is 0 Å². The molecule has 0 saturated heterocycles. The molecule has 2 aromatic carbocycles. The maximum atomic E-state index is 13.0. The van der Waals surface area contributed by atoms with Gasteiger partial charge in [-0.05, 0) is 80.3 Å². The predicted molar refractivity (Wildman–Crippen MR) is 198 cm³/mol. The fourth-order valence-corrected chi connectivity index (χ4v) is 5.96. The number of benzene rings is 2. The average molecular weight is 695 g/mol. The highest BCUT2D eigenvalue weighted by molar-refractivity contribution is 5.98. The first-order valence-corrected chi connectivity index (χ1v) is 19.0. The van der Waals surface area contributed by atoms with Crippen molar-refractivity contribution in [1.82, 2.24) is 21.7 Å². The van der Waals surface area contributed by atoms with E-state index in [0.29, 0.717) is 25.7 Å². The zero-order valence-corrected chi connectivity index (χ0v) is 30.7. The lowest BCUT2D eigenvalue weighted by molar-refractivity contribution is -0.126. The Morgan fingerprint density at radius 1 is 0.540 bits per heavy atom. The molecule has 4 amide bonds. The van der Waals surface area contributed by atoms with Gasteiger partial charge < -0.3 is 10.2 Å². The van der Waals surface area contributed by atoms with Gasteiger partial charge in [0.25, 0.3) is 11.8 Å². The molecule has 1 unspecified atom stereocenters. The van der Waals surface area contributed by atoms with Gasteiger partial charge in [0.1, 0.15) is 11.5 Å². The highest BCUT2D eigenvalue weighted by Crippen LogP contribution is 2.22. The fraction of sp³-hybridized carbons (Fsp3) is 0.600. The smallest absolute Gasteiger partial charge is 0.273 e. The number of hydrogen-bond acceptors (Lipinski definition) is 6. The number of phenols is 2. The third-order valence-corrected chi connectivity index (χ3v) is 9.10. The van der Waals surface area contributed by atoms with Gasteiger partial charge in [-0.2, -0.15) is 0 Å². The van der Waals surface area contributed by atoms with E-state index in [1.54, 1.807) is 12.1 Å². The number of amides is 4. The monoisotopic (exact) mass is 694 g/mol. The van der Waals surface area contributed by atoms with Crippen molar-refractivity contribution in [2.24, 2.45) is 5.92 Å². The molecule has 6 N–H and O–H groups in total. The number of aryl methyl sites for hydroxylation is 2. The normalized spacial score (nSPS) is 11.5. The summed E-state index contributed by atoms with van der Waals surface area (Å²) in [6, 6.07) is 10.0. The minimum Gasteiger partial charge on any atom is -0.507 e. The lowest BCUT2D eigenvalue weighted by Gasteiger charge is -2.17. The second kappa shape index (κ2) is 25.0. The first-order chi connectivity index (χ1) is 24.2. The van der Waals surface area contributed by atoms with Crippen LogP contribution in [0.3, 0.4) is 0 Å². The van der Waals surface area contributed by atoms with Crippen LogP contribution < -0.4 is 21.7 Å². The van der Waals surface area contributed by atoms with Crippen molar-refractivity contribution in [3.63, 3.8) is 0 Å². The van der Waals surface area contributed by atoms with Gasteiger partial charge in [0, 0.05) is 12.3 Å². The van der Waals surface area contributed by atoms with E-state index < -0.39 is 11.8 Å². The van der Waals surface area contributed by atoms with Crippen molar-refractivity contribution in [3.8, 4) is 11.5 Å². The molecule has 50 heavy (non-hydrogen) atoms. The summed E-state index contributed by atoms with van der Waals surface area (Å²) >= 11 is 0. The van der Waals surface area contributed by atoms with Crippen LogP contribution in [0.4, 0.5) is 0 Å². The topological polar surface area (TPSA) is 157 Å². The maximum Gasteiger partial charge on any atom is 0.273 e. The number of carbonyl (C=O) groups excluding carboxylic acids is 4. The Kier molecular flexibility index (Phi) is 21.0. The van der Waals surface area contributed by atoms with E-state index in [0.717, 1.165) is 68.9 Å². The highest BCUT2D eigenvalue weighted by atomic mass is 16.3. The van der Waals surface area contributed by atoms with Crippen LogP contribution in [-0.4, -0.2) is 33.8 Å². The molecule has 1 atom stereocenters. The fourth-order valence-electron chi connectivity index (χ4n) is 5.96. The molecule has 2 rings (SSSR count). The number of phenolic OH excluding ortho intramolecular Hbond substituents is 2. The molecular formula is C40H62N4O6. The molecule has 278 valence electrons. The molecule has 0 aliphatic heterocycles. The van der Waals surface area contributed by atoms with Crippen LogP contribution in [0.15, 0.2) is 36.4 Å². The number of unbranched alkanes of at least 4 members (excludes halogenated alkanes) is 11. The molecular weight excluding hydrogens is 632 g/mol. The van der Waals surface area contributed by atoms with Gasteiger partial charge in [-0.15, -0.1) is 0 Å². The Labute approximate surface area is 299 Å². The summed E-state index contributed by atoms with van der Waals surface area (Å²) in [5.74, 6) is -2.30. The summed E-state index contributed by atoms with van der Waals surface area (Å²) in [4.78, 5) is 50.9. The van der Waals surface area contributed by atoms with E-state index in [-0.39, 0.29) is 46.8 Å². The van der Waals surface area contributed by atoms with Gasteiger partial charge in [-0.1, -0.05) is 110 Å². The molecule has 2 aromatic rings. The van der Waals surface area contributed by atoms with Gasteiger partial charge in [0.15, 0.2) is 0 Å². The SMILES string of the molecule is CCCCCCCc1ccc(O)c(C(=O)NNC(=O)CCCCCC(CCCC)C(=O)NNC(=O)c2cc(CCCCCCC)ccc2O)c1. The molecule has 0 aliphatic carbocycles. The molecule has 0 spiro atoms. The van der Waals surface area contributed by atoms with Crippen molar-refractivity contribution < 1.29 is 29.4 Å². The average Bonchev–Trinajstić information content (AvgIpc) is 3.11. The number of rotatable bonds is 24. The first-order valence-electron chi connectivity index (χ1n) is 19.0. The molecule has 0 bridgehead atoms. The van der Waals surface area contributed by atoms with E-state index in [1.807, 2.05) is 12.1 Å². The number of hydrogen-bond donors (Lipinski definition) is 6. The Morgan fingerprint density at radius 3 is 1.52 bits per heavy atom. The summed E-state index contributed by atoms with van der Waals surface area (Å²) in [6.07, 6.45) is 18.4. The van der Waals surface area contributed by atoms with E-state index in [4.69, 9.17) is 0 Å². The van der Waals surface area contributed by atoms with E-state index >= 15 is 0 Å². The second-order valence-corrected chi connectivity index (χ2v) is 13.4. The Morgan fingerprint density at radius 2 is 1.00 bits per heavy atom. The van der Waals surface area contributed by atoms with Crippen molar-refractivity contribution in [1.29, 1.82) is 0 Å². The minimum atomic E-state index is -0.568. The Balaban J connectivity index is 1.74. The number of carbonyl (C=O) groups is 4. The summed E-state index contributed by atoms with van der Waals surface area (Å²) in [7, 11) is 0. The largest absolute Gasteiger partial charge is 0.507 e. The van der Waals surface area contributed by atoms with Crippen LogP contribution in [0.1, 0.15) is 168 Å². The predicted octanol–water partition coefficient (Wildman–Crippen LogP) is 8.10. The van der Waals surface area contributed by atoms with Crippen LogP contribution in [0.25, 0.3) is 0 Å². The Hall–Kier alpha value is -4.08. The summed E-state index contributed by atoms with van der Waals surface area (Å²) in [6.45, 7) is 6.41. The number of aromatic hydroxyl groups is 2. The summed E-state index contributed by atoms with van der Waals surface area (Å²) in [5.41, 5.74) is 12.1. The van der Waals surface area contributed by atoms with Crippen molar-refractivity contribution in [2.75, 3.05) is 0 Å². The zero-order valence-electron chi connectivity index (χ0n) is 30.7. The Bertz CT molecular complexity index is 1330. The van der Waals surface area contributed by atoms with Crippen molar-refractivity contribution in [3.05, 3.63) is 58.7 Å². The van der Waals surface area contributed by atoms with Gasteiger partial charge in [0.2, 0.25) is 11.8 Å². The standard InChI is InChI=1S/C40H62N4O6/c1-4-7-10-12-15-19-30-24-26-35(45)33(28-30)39(49)43-41-37(47)23-18-14-17-22-32(21-9-6-3)38(48)42-44-40(50)34-29-31(25-27-36(34)46)20-16-13-11-8-5-2/h24-29,32,45-46H,4-23H2,1-3H3,(H,41,47)(H,42,48)(H,43,49)(H,44,50). The third-order valence-electron chi connectivity index (χ3n) is 9.10. The van der Waals surface area contributed by atoms with Crippen LogP contribution in [0.2, 0.25) is 0 Å². The molecule has 10 heteroatoms. The van der Waals surface area contributed by atoms with Gasteiger partial charge >= 0.3 is 0 Å². The number of hydrazine groups is 2. The molecule has 0 radical (unpaired) electrons. The van der Waals surface area contributed by atoms with E-state index in [9.17, 15) is 29.4 Å². The first kappa shape index (κ1) is 42.1. The molecule has 0 aliphatic rings. The quantitative estimate of drug-likeness (QED) is 0.0482. The lowest BCUT2D eigenvalue weighted by Crippen LogP contribution is -2.44. The summed E-state index contributed by atoms with van der Waals surface area (Å²) in [5, 5.41) is 20.5. The van der Waals surface area contributed by atoms with Gasteiger partial charge in [0.05, 0.1) is 11.1 Å². The van der Waals surface area contributed by atoms with Crippen LogP contribution in [-0.2, 0) is 22.4 Å². The van der Waals surface area contributed by atoms with Crippen LogP contribution in [0, 0.1) is 5.92 Å². The molecule has 0 heterocycles. The summed E-state index contributed by atoms with van der Waals surface area (Å²) < 4.78 is 0. The minimum absolute atomic E-state index is 0.127. The number of nitrogens with one attached hydrogen (secondary N) is 4. The second-order valence-electron chi connectivity index (χ2n) is 13.4. The van der Waals surface area contributed by atoms with Gasteiger partial charge in [-0.3, -0.25) is 40.9 Å². The third kappa shape index (κ3) is 16.5. The van der Waals surface area contributed by atoms with E-state index in [2.05, 4.69) is 42.5 Å². The lowest BCUT2D eigenvalue weighted by atomic mass is 9.94. The molecule has 10 nitrogen and oxygen atoms in total. The highest BCUT2D eigenvalue weighted by Gasteiger charge is 2.20.